The van der Waals surface area contributed by atoms with E-state index in [0.29, 0.717) is 30.6 Å². The molecule has 9 nitrogen and oxygen atoms in total. The van der Waals surface area contributed by atoms with Crippen molar-refractivity contribution in [3.05, 3.63) is 59.4 Å². The Kier molecular flexibility index (Phi) is 6.13. The number of hydrogen-bond acceptors (Lipinski definition) is 7. The minimum atomic E-state index is -0.473. The molecule has 1 aromatic carbocycles. The number of ether oxygens (including phenoxy) is 1. The Morgan fingerprint density at radius 2 is 2.00 bits per heavy atom. The van der Waals surface area contributed by atoms with E-state index in [2.05, 4.69) is 15.5 Å². The Labute approximate surface area is 179 Å². The standard InChI is InChI=1S/C22H24N4O5/c1-30-19-11-14(21(27)24-17-4-2-3-15(17)22(28)25-29)5-6-16(19)20-12-18(26-31-20)13-7-9-23-10-8-13/h5-11,15,17,20,29H,2-4,12H2,1H3,(H,24,27)(H,25,28)/t15-,17+,20?/m1/s1. The van der Waals surface area contributed by atoms with Gasteiger partial charge in [0.2, 0.25) is 5.91 Å². The van der Waals surface area contributed by atoms with Crippen LogP contribution in [-0.2, 0) is 9.63 Å². The lowest BCUT2D eigenvalue weighted by Crippen LogP contribution is -2.43. The summed E-state index contributed by atoms with van der Waals surface area (Å²) in [4.78, 5) is 34.2. The van der Waals surface area contributed by atoms with E-state index < -0.39 is 11.8 Å². The number of rotatable bonds is 6. The molecule has 3 atom stereocenters. The first-order valence-corrected chi connectivity index (χ1v) is 10.2. The fourth-order valence-corrected chi connectivity index (χ4v) is 4.16. The number of pyridine rings is 1. The van der Waals surface area contributed by atoms with E-state index in [1.54, 1.807) is 43.2 Å². The third-order valence-corrected chi connectivity index (χ3v) is 5.80. The average molecular weight is 424 g/mol. The van der Waals surface area contributed by atoms with Gasteiger partial charge in [0.05, 0.1) is 18.7 Å². The maximum Gasteiger partial charge on any atom is 0.251 e. The van der Waals surface area contributed by atoms with Crippen LogP contribution in [-0.4, -0.2) is 40.9 Å². The zero-order valence-electron chi connectivity index (χ0n) is 17.1. The Balaban J connectivity index is 1.46. The Morgan fingerprint density at radius 1 is 1.19 bits per heavy atom. The molecule has 3 N–H and O–H groups in total. The summed E-state index contributed by atoms with van der Waals surface area (Å²) in [5.41, 5.74) is 4.67. The van der Waals surface area contributed by atoms with Gasteiger partial charge in [0.1, 0.15) is 5.75 Å². The molecule has 9 heteroatoms. The molecule has 1 fully saturated rings. The molecule has 2 amide bonds. The highest BCUT2D eigenvalue weighted by atomic mass is 16.6. The van der Waals surface area contributed by atoms with Gasteiger partial charge in [-0.05, 0) is 37.1 Å². The van der Waals surface area contributed by atoms with Gasteiger partial charge in [-0.25, -0.2) is 5.48 Å². The van der Waals surface area contributed by atoms with Crippen molar-refractivity contribution in [2.24, 2.45) is 11.1 Å². The topological polar surface area (TPSA) is 122 Å². The van der Waals surface area contributed by atoms with Crippen molar-refractivity contribution < 1.29 is 24.4 Å². The Bertz CT molecular complexity index is 995. The zero-order chi connectivity index (χ0) is 21.8. The van der Waals surface area contributed by atoms with Crippen LogP contribution in [0.15, 0.2) is 47.9 Å². The van der Waals surface area contributed by atoms with Gasteiger partial charge in [-0.1, -0.05) is 17.6 Å². The number of hydrogen-bond donors (Lipinski definition) is 3. The highest BCUT2D eigenvalue weighted by Crippen LogP contribution is 2.35. The second-order valence-electron chi connectivity index (χ2n) is 7.62. The maximum absolute atomic E-state index is 12.8. The largest absolute Gasteiger partial charge is 0.496 e. The number of methoxy groups -OCH3 is 1. The molecule has 31 heavy (non-hydrogen) atoms. The molecule has 1 aliphatic heterocycles. The lowest BCUT2D eigenvalue weighted by Gasteiger charge is -2.20. The predicted octanol–water partition coefficient (Wildman–Crippen LogP) is 2.36. The quantitative estimate of drug-likeness (QED) is 0.483. The molecule has 162 valence electrons. The second kappa shape index (κ2) is 9.13. The van der Waals surface area contributed by atoms with Crippen molar-refractivity contribution in [1.29, 1.82) is 0 Å². The van der Waals surface area contributed by atoms with Gasteiger partial charge in [-0.2, -0.15) is 0 Å². The normalized spacial score (nSPS) is 22.4. The molecular formula is C22H24N4O5. The van der Waals surface area contributed by atoms with Gasteiger partial charge < -0.3 is 14.9 Å². The summed E-state index contributed by atoms with van der Waals surface area (Å²) in [7, 11) is 1.54. The number of nitrogens with zero attached hydrogens (tertiary/aromatic N) is 2. The van der Waals surface area contributed by atoms with Crippen LogP contribution in [0, 0.1) is 5.92 Å². The average Bonchev–Trinajstić information content (AvgIpc) is 3.48. The van der Waals surface area contributed by atoms with Crippen molar-refractivity contribution in [3.8, 4) is 5.75 Å². The molecule has 0 saturated heterocycles. The van der Waals surface area contributed by atoms with E-state index in [1.807, 2.05) is 12.1 Å². The van der Waals surface area contributed by atoms with Gasteiger partial charge in [-0.15, -0.1) is 0 Å². The molecule has 0 spiro atoms. The van der Waals surface area contributed by atoms with Crippen LogP contribution in [0.3, 0.4) is 0 Å². The summed E-state index contributed by atoms with van der Waals surface area (Å²) < 4.78 is 5.52. The molecule has 2 aliphatic rings. The monoisotopic (exact) mass is 424 g/mol. The van der Waals surface area contributed by atoms with Gasteiger partial charge >= 0.3 is 0 Å². The fraction of sp³-hybridized carbons (Fsp3) is 0.364. The zero-order valence-corrected chi connectivity index (χ0v) is 17.1. The first-order chi connectivity index (χ1) is 15.1. The van der Waals surface area contributed by atoms with Gasteiger partial charge in [0, 0.05) is 41.5 Å². The van der Waals surface area contributed by atoms with Crippen molar-refractivity contribution in [2.45, 2.75) is 37.8 Å². The lowest BCUT2D eigenvalue weighted by atomic mass is 9.98. The van der Waals surface area contributed by atoms with Crippen molar-refractivity contribution in [1.82, 2.24) is 15.8 Å². The van der Waals surface area contributed by atoms with Crippen molar-refractivity contribution in [3.63, 3.8) is 0 Å². The molecule has 1 saturated carbocycles. The lowest BCUT2D eigenvalue weighted by molar-refractivity contribution is -0.133. The van der Waals surface area contributed by atoms with Crippen LogP contribution in [0.25, 0.3) is 0 Å². The van der Waals surface area contributed by atoms with Crippen molar-refractivity contribution in [2.75, 3.05) is 7.11 Å². The summed E-state index contributed by atoms with van der Waals surface area (Å²) in [6.45, 7) is 0. The molecule has 2 heterocycles. The molecular weight excluding hydrogens is 400 g/mol. The maximum atomic E-state index is 12.8. The van der Waals surface area contributed by atoms with Gasteiger partial charge in [0.25, 0.3) is 5.91 Å². The summed E-state index contributed by atoms with van der Waals surface area (Å²) in [6.07, 6.45) is 5.79. The van der Waals surface area contributed by atoms with E-state index in [0.717, 1.165) is 23.3 Å². The predicted molar refractivity (Wildman–Crippen MR) is 111 cm³/mol. The number of carbonyl (C=O) groups is 2. The number of amides is 2. The number of nitrogens with one attached hydrogen (secondary N) is 2. The first-order valence-electron chi connectivity index (χ1n) is 10.2. The Morgan fingerprint density at radius 3 is 2.74 bits per heavy atom. The smallest absolute Gasteiger partial charge is 0.251 e. The van der Waals surface area contributed by atoms with Gasteiger partial charge in [-0.3, -0.25) is 19.8 Å². The number of carbonyl (C=O) groups excluding carboxylic acids is 2. The van der Waals surface area contributed by atoms with E-state index in [9.17, 15) is 9.59 Å². The minimum Gasteiger partial charge on any atom is -0.496 e. The van der Waals surface area contributed by atoms with Crippen LogP contribution in [0.5, 0.6) is 5.75 Å². The van der Waals surface area contributed by atoms with Crippen LogP contribution < -0.4 is 15.5 Å². The number of benzene rings is 1. The minimum absolute atomic E-state index is 0.298. The first kappa shape index (κ1) is 20.8. The van der Waals surface area contributed by atoms with Crippen LogP contribution in [0.1, 0.15) is 53.3 Å². The Hall–Kier alpha value is -3.46. The molecule has 1 unspecified atom stereocenters. The van der Waals surface area contributed by atoms with E-state index >= 15 is 0 Å². The van der Waals surface area contributed by atoms with Crippen molar-refractivity contribution >= 4 is 17.5 Å². The molecule has 0 bridgehead atoms. The van der Waals surface area contributed by atoms with E-state index in [1.165, 1.54) is 0 Å². The summed E-state index contributed by atoms with van der Waals surface area (Å²) in [5, 5.41) is 16.0. The summed E-state index contributed by atoms with van der Waals surface area (Å²) in [5.74, 6) is -0.682. The molecule has 1 aliphatic carbocycles. The SMILES string of the molecule is COc1cc(C(=O)N[C@H]2CCC[C@H]2C(=O)NO)ccc1C1CC(c2ccncc2)=NO1. The summed E-state index contributed by atoms with van der Waals surface area (Å²) >= 11 is 0. The van der Waals surface area contributed by atoms with Crippen LogP contribution in [0.4, 0.5) is 0 Å². The molecule has 2 aromatic rings. The van der Waals surface area contributed by atoms with Gasteiger partial charge in [0.15, 0.2) is 6.10 Å². The fourth-order valence-electron chi connectivity index (χ4n) is 4.16. The van der Waals surface area contributed by atoms with E-state index in [-0.39, 0.29) is 18.1 Å². The third kappa shape index (κ3) is 4.36. The van der Waals surface area contributed by atoms with E-state index in [4.69, 9.17) is 14.8 Å². The van der Waals surface area contributed by atoms with Crippen LogP contribution in [0.2, 0.25) is 0 Å². The molecule has 4 rings (SSSR count). The summed E-state index contributed by atoms with van der Waals surface area (Å²) in [6, 6.07) is 8.60. The number of hydroxylamine groups is 1. The molecule has 0 radical (unpaired) electrons. The highest BCUT2D eigenvalue weighted by Gasteiger charge is 2.34. The highest BCUT2D eigenvalue weighted by molar-refractivity contribution is 6.01. The molecule has 1 aromatic heterocycles. The van der Waals surface area contributed by atoms with Crippen LogP contribution >= 0.6 is 0 Å². The third-order valence-electron chi connectivity index (χ3n) is 5.80. The second-order valence-corrected chi connectivity index (χ2v) is 7.62. The number of oxime groups is 1. The number of aromatic nitrogens is 1.